The van der Waals surface area contributed by atoms with Gasteiger partial charge in [-0.25, -0.2) is 0 Å². The molecule has 0 bridgehead atoms. The highest BCUT2D eigenvalue weighted by Crippen LogP contribution is 2.33. The molecule has 0 saturated carbocycles. The van der Waals surface area contributed by atoms with Gasteiger partial charge < -0.3 is 5.11 Å². The molecule has 90 valence electrons. The zero-order valence-electron chi connectivity index (χ0n) is 10.4. The van der Waals surface area contributed by atoms with Crippen molar-refractivity contribution in [1.82, 2.24) is 0 Å². The van der Waals surface area contributed by atoms with E-state index in [0.717, 1.165) is 22.8 Å². The van der Waals surface area contributed by atoms with Crippen molar-refractivity contribution in [2.24, 2.45) is 0 Å². The number of aliphatic hydroxyl groups excluding tert-OH is 1. The zero-order chi connectivity index (χ0) is 12.5. The second kappa shape index (κ2) is 4.43. The van der Waals surface area contributed by atoms with E-state index in [1.807, 2.05) is 31.2 Å². The van der Waals surface area contributed by atoms with Gasteiger partial charge in [0.25, 0.3) is 0 Å². The Balaban J connectivity index is 2.49. The highest BCUT2D eigenvalue weighted by atomic mass is 16.3. The summed E-state index contributed by atoms with van der Waals surface area (Å²) in [6.07, 6.45) is 0.332. The van der Waals surface area contributed by atoms with E-state index in [9.17, 15) is 5.11 Å². The summed E-state index contributed by atoms with van der Waals surface area (Å²) in [6, 6.07) is 18.7. The van der Waals surface area contributed by atoms with Gasteiger partial charge in [-0.15, -0.1) is 0 Å². The summed E-state index contributed by atoms with van der Waals surface area (Å²) < 4.78 is 0. The van der Waals surface area contributed by atoms with Crippen LogP contribution in [0.5, 0.6) is 0 Å². The molecule has 1 N–H and O–H groups in total. The molecule has 0 aliphatic carbocycles. The zero-order valence-corrected chi connectivity index (χ0v) is 10.4. The Morgan fingerprint density at radius 1 is 0.889 bits per heavy atom. The molecular formula is C17H16O. The number of hydrogen-bond acceptors (Lipinski definition) is 1. The maximum absolute atomic E-state index is 10.3. The van der Waals surface area contributed by atoms with Crippen LogP contribution < -0.4 is 0 Å². The van der Waals surface area contributed by atoms with Gasteiger partial charge in [0.1, 0.15) is 0 Å². The maximum atomic E-state index is 10.3. The van der Waals surface area contributed by atoms with E-state index in [1.54, 1.807) is 0 Å². The Labute approximate surface area is 107 Å². The van der Waals surface area contributed by atoms with Gasteiger partial charge in [0.15, 0.2) is 0 Å². The van der Waals surface area contributed by atoms with Crippen molar-refractivity contribution in [2.75, 3.05) is 0 Å². The third-order valence-corrected chi connectivity index (χ3v) is 3.53. The second-order valence-electron chi connectivity index (χ2n) is 4.66. The Morgan fingerprint density at radius 2 is 1.39 bits per heavy atom. The average molecular weight is 236 g/mol. The second-order valence-corrected chi connectivity index (χ2v) is 4.66. The minimum atomic E-state index is -0.402. The van der Waals surface area contributed by atoms with Gasteiger partial charge in [-0.1, -0.05) is 55.5 Å². The van der Waals surface area contributed by atoms with Gasteiger partial charge in [-0.05, 0) is 39.6 Å². The first kappa shape index (κ1) is 11.2. The SMILES string of the molecule is CCC(O)c1c2ccccc2cc2ccccc12. The largest absolute Gasteiger partial charge is 0.388 e. The first-order chi connectivity index (χ1) is 8.81. The van der Waals surface area contributed by atoms with E-state index in [1.165, 1.54) is 10.8 Å². The minimum absolute atomic E-state index is 0.402. The molecule has 3 aromatic carbocycles. The van der Waals surface area contributed by atoms with Crippen molar-refractivity contribution in [3.8, 4) is 0 Å². The molecule has 0 amide bonds. The molecule has 3 rings (SSSR count). The van der Waals surface area contributed by atoms with Crippen LogP contribution in [0, 0.1) is 0 Å². The van der Waals surface area contributed by atoms with E-state index in [-0.39, 0.29) is 0 Å². The molecule has 18 heavy (non-hydrogen) atoms. The number of rotatable bonds is 2. The van der Waals surface area contributed by atoms with E-state index < -0.39 is 6.10 Å². The molecule has 1 heteroatoms. The van der Waals surface area contributed by atoms with Crippen LogP contribution in [0.4, 0.5) is 0 Å². The molecule has 3 aromatic rings. The van der Waals surface area contributed by atoms with Crippen LogP contribution in [0.3, 0.4) is 0 Å². The molecule has 0 aliphatic heterocycles. The normalized spacial score (nSPS) is 13.0. The van der Waals surface area contributed by atoms with E-state index in [2.05, 4.69) is 30.3 Å². The lowest BCUT2D eigenvalue weighted by molar-refractivity contribution is 0.176. The van der Waals surface area contributed by atoms with Gasteiger partial charge in [-0.2, -0.15) is 0 Å². The smallest absolute Gasteiger partial charge is 0.0799 e. The number of hydrogen-bond donors (Lipinski definition) is 1. The minimum Gasteiger partial charge on any atom is -0.388 e. The quantitative estimate of drug-likeness (QED) is 0.652. The van der Waals surface area contributed by atoms with Crippen molar-refractivity contribution in [1.29, 1.82) is 0 Å². The van der Waals surface area contributed by atoms with Crippen LogP contribution in [0.15, 0.2) is 54.6 Å². The molecule has 0 aliphatic rings. The summed E-state index contributed by atoms with van der Waals surface area (Å²) in [6.45, 7) is 2.02. The third kappa shape index (κ3) is 1.68. The van der Waals surface area contributed by atoms with E-state index in [0.29, 0.717) is 0 Å². The Hall–Kier alpha value is -1.86. The summed E-state index contributed by atoms with van der Waals surface area (Å²) >= 11 is 0. The monoisotopic (exact) mass is 236 g/mol. The maximum Gasteiger partial charge on any atom is 0.0799 e. The fourth-order valence-corrected chi connectivity index (χ4v) is 2.61. The summed E-state index contributed by atoms with van der Waals surface area (Å²) in [5.74, 6) is 0. The van der Waals surface area contributed by atoms with Gasteiger partial charge in [-0.3, -0.25) is 0 Å². The standard InChI is InChI=1S/C17H16O/c1-2-16(18)17-14-9-5-3-7-12(14)11-13-8-4-6-10-15(13)17/h3-11,16,18H,2H2,1H3. The number of aliphatic hydroxyl groups is 1. The molecule has 0 fully saturated rings. The first-order valence-corrected chi connectivity index (χ1v) is 6.39. The van der Waals surface area contributed by atoms with Crippen LogP contribution in [-0.2, 0) is 0 Å². The van der Waals surface area contributed by atoms with Crippen molar-refractivity contribution < 1.29 is 5.11 Å². The van der Waals surface area contributed by atoms with E-state index in [4.69, 9.17) is 0 Å². The predicted octanol–water partition coefficient (Wildman–Crippen LogP) is 4.44. The van der Waals surface area contributed by atoms with Crippen molar-refractivity contribution in [3.63, 3.8) is 0 Å². The highest BCUT2D eigenvalue weighted by Gasteiger charge is 2.13. The summed E-state index contributed by atoms with van der Waals surface area (Å²) in [4.78, 5) is 0. The van der Waals surface area contributed by atoms with Crippen LogP contribution in [0.25, 0.3) is 21.5 Å². The topological polar surface area (TPSA) is 20.2 Å². The van der Waals surface area contributed by atoms with Crippen molar-refractivity contribution >= 4 is 21.5 Å². The number of fused-ring (bicyclic) bond motifs is 2. The Morgan fingerprint density at radius 3 is 1.89 bits per heavy atom. The molecule has 1 atom stereocenters. The van der Waals surface area contributed by atoms with E-state index >= 15 is 0 Å². The first-order valence-electron chi connectivity index (χ1n) is 6.39. The van der Waals surface area contributed by atoms with Gasteiger partial charge in [0.05, 0.1) is 6.10 Å². The molecule has 0 saturated heterocycles. The Kier molecular flexibility index (Phi) is 2.77. The fourth-order valence-electron chi connectivity index (χ4n) is 2.61. The van der Waals surface area contributed by atoms with Gasteiger partial charge >= 0.3 is 0 Å². The molecule has 0 radical (unpaired) electrons. The van der Waals surface area contributed by atoms with Crippen LogP contribution in [0.1, 0.15) is 25.0 Å². The lowest BCUT2D eigenvalue weighted by Gasteiger charge is -2.15. The molecule has 0 aromatic heterocycles. The predicted molar refractivity (Wildman–Crippen MR) is 76.7 cm³/mol. The van der Waals surface area contributed by atoms with Crippen molar-refractivity contribution in [3.05, 3.63) is 60.2 Å². The molecular weight excluding hydrogens is 220 g/mol. The lowest BCUT2D eigenvalue weighted by atomic mass is 9.92. The highest BCUT2D eigenvalue weighted by molar-refractivity contribution is 6.02. The lowest BCUT2D eigenvalue weighted by Crippen LogP contribution is -1.98. The fraction of sp³-hybridized carbons (Fsp3) is 0.176. The summed E-state index contributed by atoms with van der Waals surface area (Å²) in [5, 5.41) is 15.0. The third-order valence-electron chi connectivity index (χ3n) is 3.53. The molecule has 1 nitrogen and oxygen atoms in total. The molecule has 0 spiro atoms. The van der Waals surface area contributed by atoms with Crippen LogP contribution in [-0.4, -0.2) is 5.11 Å². The summed E-state index contributed by atoms with van der Waals surface area (Å²) in [7, 11) is 0. The Bertz CT molecular complexity index is 646. The van der Waals surface area contributed by atoms with Gasteiger partial charge in [0.2, 0.25) is 0 Å². The summed E-state index contributed by atoms with van der Waals surface area (Å²) in [5.41, 5.74) is 1.06. The van der Waals surface area contributed by atoms with Crippen molar-refractivity contribution in [2.45, 2.75) is 19.4 Å². The van der Waals surface area contributed by atoms with Gasteiger partial charge in [0, 0.05) is 0 Å². The number of benzene rings is 3. The molecule has 1 unspecified atom stereocenters. The van der Waals surface area contributed by atoms with Crippen LogP contribution >= 0.6 is 0 Å². The average Bonchev–Trinajstić information content (AvgIpc) is 2.44. The molecule has 0 heterocycles. The van der Waals surface area contributed by atoms with Crippen LogP contribution in [0.2, 0.25) is 0 Å².